The Labute approximate surface area is 113 Å². The Hall–Kier alpha value is -1.39. The quantitative estimate of drug-likeness (QED) is 0.833. The van der Waals surface area contributed by atoms with E-state index in [1.807, 2.05) is 24.5 Å². The Morgan fingerprint density at radius 2 is 2.21 bits per heavy atom. The third kappa shape index (κ3) is 2.80. The Morgan fingerprint density at radius 3 is 2.95 bits per heavy atom. The Morgan fingerprint density at radius 1 is 1.42 bits per heavy atom. The fraction of sp³-hybridized carbons (Fsp3) is 0.533. The van der Waals surface area contributed by atoms with Crippen molar-refractivity contribution in [3.63, 3.8) is 0 Å². The molecule has 0 spiro atoms. The van der Waals surface area contributed by atoms with E-state index in [1.165, 1.54) is 12.8 Å². The maximum Gasteiger partial charge on any atom is 0.0958 e. The van der Waals surface area contributed by atoms with Crippen LogP contribution in [0.3, 0.4) is 0 Å². The van der Waals surface area contributed by atoms with Crippen molar-refractivity contribution >= 4 is 11.0 Å². The Kier molecular flexibility index (Phi) is 3.29. The number of imidazole rings is 1. The molecule has 1 heterocycles. The number of nitrogens with one attached hydrogen (secondary N) is 1. The molecule has 0 saturated heterocycles. The molecule has 1 aliphatic rings. The average molecular weight is 259 g/mol. The molecule has 102 valence electrons. The third-order valence-corrected chi connectivity index (χ3v) is 3.91. The highest BCUT2D eigenvalue weighted by molar-refractivity contribution is 5.74. The molecule has 1 atom stereocenters. The summed E-state index contributed by atoms with van der Waals surface area (Å²) in [5, 5.41) is 13.2. The van der Waals surface area contributed by atoms with E-state index in [2.05, 4.69) is 27.9 Å². The SMILES string of the molecule is CC(CO)(CCn1cnc2ccccc21)NC1CC1. The number of para-hydroxylation sites is 2. The van der Waals surface area contributed by atoms with Crippen LogP contribution in [0, 0.1) is 0 Å². The fourth-order valence-electron chi connectivity index (χ4n) is 2.47. The highest BCUT2D eigenvalue weighted by Gasteiger charge is 2.31. The molecule has 1 fully saturated rings. The molecular weight excluding hydrogens is 238 g/mol. The Balaban J connectivity index is 1.70. The highest BCUT2D eigenvalue weighted by Crippen LogP contribution is 2.24. The van der Waals surface area contributed by atoms with Gasteiger partial charge in [0.25, 0.3) is 0 Å². The van der Waals surface area contributed by atoms with E-state index in [9.17, 15) is 5.11 Å². The van der Waals surface area contributed by atoms with Gasteiger partial charge in [0.2, 0.25) is 0 Å². The first-order chi connectivity index (χ1) is 9.20. The zero-order valence-electron chi connectivity index (χ0n) is 11.3. The molecule has 0 aliphatic heterocycles. The standard InChI is InChI=1S/C15H21N3O/c1-15(10-19,17-12-6-7-12)8-9-18-11-16-13-4-2-3-5-14(13)18/h2-5,11-12,17,19H,6-10H2,1H3. The van der Waals surface area contributed by atoms with Gasteiger partial charge < -0.3 is 15.0 Å². The molecule has 2 aromatic rings. The first kappa shape index (κ1) is 12.6. The molecule has 1 aliphatic carbocycles. The second-order valence-electron chi connectivity index (χ2n) is 5.81. The van der Waals surface area contributed by atoms with Gasteiger partial charge in [0.15, 0.2) is 0 Å². The minimum Gasteiger partial charge on any atom is -0.394 e. The number of hydrogen-bond acceptors (Lipinski definition) is 3. The van der Waals surface area contributed by atoms with Crippen LogP contribution in [0.4, 0.5) is 0 Å². The number of rotatable bonds is 6. The monoisotopic (exact) mass is 259 g/mol. The molecule has 1 unspecified atom stereocenters. The van der Waals surface area contributed by atoms with Crippen molar-refractivity contribution in [3.05, 3.63) is 30.6 Å². The smallest absolute Gasteiger partial charge is 0.0958 e. The van der Waals surface area contributed by atoms with Crippen LogP contribution in [-0.2, 0) is 6.54 Å². The minimum atomic E-state index is -0.188. The van der Waals surface area contributed by atoms with Crippen LogP contribution in [0.5, 0.6) is 0 Å². The van der Waals surface area contributed by atoms with Gasteiger partial charge in [-0.25, -0.2) is 4.98 Å². The summed E-state index contributed by atoms with van der Waals surface area (Å²) in [5.74, 6) is 0. The van der Waals surface area contributed by atoms with E-state index in [4.69, 9.17) is 0 Å². The molecule has 1 aromatic carbocycles. The van der Waals surface area contributed by atoms with Crippen LogP contribution < -0.4 is 5.32 Å². The second-order valence-corrected chi connectivity index (χ2v) is 5.81. The summed E-state index contributed by atoms with van der Waals surface area (Å²) in [6.07, 6.45) is 5.27. The summed E-state index contributed by atoms with van der Waals surface area (Å²) >= 11 is 0. The molecule has 2 N–H and O–H groups in total. The maximum absolute atomic E-state index is 9.62. The Bertz CT molecular complexity index is 561. The molecule has 0 amide bonds. The van der Waals surface area contributed by atoms with E-state index in [1.54, 1.807) is 0 Å². The van der Waals surface area contributed by atoms with Gasteiger partial charge in [0.05, 0.1) is 24.0 Å². The minimum absolute atomic E-state index is 0.177. The van der Waals surface area contributed by atoms with Gasteiger partial charge in [-0.3, -0.25) is 0 Å². The summed E-state index contributed by atoms with van der Waals surface area (Å²) in [6.45, 7) is 3.15. The number of aryl methyl sites for hydroxylation is 1. The van der Waals surface area contributed by atoms with Crippen LogP contribution in [-0.4, -0.2) is 32.8 Å². The van der Waals surface area contributed by atoms with Gasteiger partial charge in [-0.1, -0.05) is 12.1 Å². The lowest BCUT2D eigenvalue weighted by molar-refractivity contribution is 0.159. The van der Waals surface area contributed by atoms with E-state index >= 15 is 0 Å². The van der Waals surface area contributed by atoms with E-state index in [0.717, 1.165) is 24.0 Å². The zero-order chi connectivity index (χ0) is 13.3. The van der Waals surface area contributed by atoms with Crippen LogP contribution in [0.15, 0.2) is 30.6 Å². The summed E-state index contributed by atoms with van der Waals surface area (Å²) in [5.41, 5.74) is 2.00. The van der Waals surface area contributed by atoms with Crippen molar-refractivity contribution in [2.75, 3.05) is 6.61 Å². The third-order valence-electron chi connectivity index (χ3n) is 3.91. The topological polar surface area (TPSA) is 50.1 Å². The predicted molar refractivity (Wildman–Crippen MR) is 76.0 cm³/mol. The fourth-order valence-corrected chi connectivity index (χ4v) is 2.47. The van der Waals surface area contributed by atoms with Crippen molar-refractivity contribution in [1.29, 1.82) is 0 Å². The van der Waals surface area contributed by atoms with Gasteiger partial charge in [0.1, 0.15) is 0 Å². The van der Waals surface area contributed by atoms with E-state index < -0.39 is 0 Å². The maximum atomic E-state index is 9.62. The molecule has 1 saturated carbocycles. The largest absolute Gasteiger partial charge is 0.394 e. The molecule has 0 bridgehead atoms. The van der Waals surface area contributed by atoms with Gasteiger partial charge in [0, 0.05) is 18.1 Å². The molecule has 19 heavy (non-hydrogen) atoms. The molecule has 0 radical (unpaired) electrons. The summed E-state index contributed by atoms with van der Waals surface area (Å²) in [4.78, 5) is 4.40. The lowest BCUT2D eigenvalue weighted by atomic mass is 9.98. The number of hydrogen-bond donors (Lipinski definition) is 2. The van der Waals surface area contributed by atoms with Crippen molar-refractivity contribution in [3.8, 4) is 0 Å². The average Bonchev–Trinajstić information content (AvgIpc) is 3.14. The number of benzene rings is 1. The van der Waals surface area contributed by atoms with Gasteiger partial charge in [-0.2, -0.15) is 0 Å². The molecular formula is C15H21N3O. The van der Waals surface area contributed by atoms with Crippen molar-refractivity contribution in [2.45, 2.75) is 44.3 Å². The van der Waals surface area contributed by atoms with E-state index in [0.29, 0.717) is 6.04 Å². The lowest BCUT2D eigenvalue weighted by Crippen LogP contribution is -2.47. The predicted octanol–water partition coefficient (Wildman–Crippen LogP) is 1.93. The second kappa shape index (κ2) is 4.94. The number of fused-ring (bicyclic) bond motifs is 1. The summed E-state index contributed by atoms with van der Waals surface area (Å²) < 4.78 is 2.16. The molecule has 1 aromatic heterocycles. The van der Waals surface area contributed by atoms with Crippen LogP contribution in [0.1, 0.15) is 26.2 Å². The number of aromatic nitrogens is 2. The van der Waals surface area contributed by atoms with E-state index in [-0.39, 0.29) is 12.1 Å². The molecule has 4 nitrogen and oxygen atoms in total. The lowest BCUT2D eigenvalue weighted by Gasteiger charge is -2.29. The highest BCUT2D eigenvalue weighted by atomic mass is 16.3. The van der Waals surface area contributed by atoms with Gasteiger partial charge >= 0.3 is 0 Å². The zero-order valence-corrected chi connectivity index (χ0v) is 11.3. The number of nitrogens with zero attached hydrogens (tertiary/aromatic N) is 2. The van der Waals surface area contributed by atoms with Crippen molar-refractivity contribution < 1.29 is 5.11 Å². The first-order valence-corrected chi connectivity index (χ1v) is 6.99. The number of aliphatic hydroxyl groups is 1. The van der Waals surface area contributed by atoms with Crippen LogP contribution >= 0.6 is 0 Å². The van der Waals surface area contributed by atoms with Crippen LogP contribution in [0.2, 0.25) is 0 Å². The van der Waals surface area contributed by atoms with Gasteiger partial charge in [-0.15, -0.1) is 0 Å². The molecule has 3 rings (SSSR count). The normalized spacial score (nSPS) is 18.6. The summed E-state index contributed by atoms with van der Waals surface area (Å²) in [6, 6.07) is 8.77. The van der Waals surface area contributed by atoms with Crippen molar-refractivity contribution in [1.82, 2.24) is 14.9 Å². The summed E-state index contributed by atoms with van der Waals surface area (Å²) in [7, 11) is 0. The molecule has 4 heteroatoms. The van der Waals surface area contributed by atoms with Crippen molar-refractivity contribution in [2.24, 2.45) is 0 Å². The van der Waals surface area contributed by atoms with Gasteiger partial charge in [-0.05, 0) is 38.3 Å². The number of aliphatic hydroxyl groups excluding tert-OH is 1. The van der Waals surface area contributed by atoms with Crippen LogP contribution in [0.25, 0.3) is 11.0 Å². The first-order valence-electron chi connectivity index (χ1n) is 6.99.